The van der Waals surface area contributed by atoms with Crippen LogP contribution < -0.4 is 9.47 Å². The molecule has 0 heterocycles. The average molecular weight is 261 g/mol. The first kappa shape index (κ1) is 14.6. The first-order valence-electron chi connectivity index (χ1n) is 5.45. The van der Waals surface area contributed by atoms with E-state index in [9.17, 15) is 4.79 Å². The van der Waals surface area contributed by atoms with Gasteiger partial charge < -0.3 is 14.2 Å². The summed E-state index contributed by atoms with van der Waals surface area (Å²) in [5, 5.41) is 0. The molecule has 0 fully saturated rings. The van der Waals surface area contributed by atoms with Gasteiger partial charge in [0, 0.05) is 23.4 Å². The number of carbonyl (C=O) groups excluding carboxylic acids is 1. The molecule has 100 valence electrons. The second kappa shape index (κ2) is 7.07. The number of hydrogen-bond acceptors (Lipinski definition) is 5. The zero-order valence-electron chi connectivity index (χ0n) is 11.1. The monoisotopic (exact) mass is 261 g/mol. The fraction of sp³-hybridized carbons (Fsp3) is 0.286. The molecular formula is C14H15NO4. The fourth-order valence-corrected chi connectivity index (χ4v) is 1.41. The van der Waals surface area contributed by atoms with Gasteiger partial charge in [-0.15, -0.1) is 6.42 Å². The highest BCUT2D eigenvalue weighted by molar-refractivity contribution is 5.86. The van der Waals surface area contributed by atoms with Gasteiger partial charge in [0.2, 0.25) is 0 Å². The molecule has 5 heteroatoms. The quantitative estimate of drug-likeness (QED) is 0.455. The summed E-state index contributed by atoms with van der Waals surface area (Å²) < 4.78 is 14.8. The van der Waals surface area contributed by atoms with Crippen molar-refractivity contribution in [3.05, 3.63) is 23.3 Å². The van der Waals surface area contributed by atoms with Crippen LogP contribution in [0.1, 0.15) is 11.1 Å². The van der Waals surface area contributed by atoms with Crippen molar-refractivity contribution in [3.63, 3.8) is 0 Å². The van der Waals surface area contributed by atoms with Crippen molar-refractivity contribution in [2.45, 2.75) is 0 Å². The average Bonchev–Trinajstić information content (AvgIpc) is 2.46. The van der Waals surface area contributed by atoms with Crippen LogP contribution in [0.2, 0.25) is 0 Å². The van der Waals surface area contributed by atoms with E-state index < -0.39 is 5.97 Å². The Bertz CT molecular complexity index is 529. The molecule has 0 aliphatic carbocycles. The van der Waals surface area contributed by atoms with Crippen molar-refractivity contribution in [2.24, 2.45) is 4.99 Å². The SMILES string of the molecule is C#Cc1cc(OC)c(OC)cc1C=NCC(=O)OC. The third-order valence-electron chi connectivity index (χ3n) is 2.39. The van der Waals surface area contributed by atoms with E-state index in [1.54, 1.807) is 12.1 Å². The number of carbonyl (C=O) groups is 1. The molecule has 0 bridgehead atoms. The van der Waals surface area contributed by atoms with Crippen LogP contribution in [0.4, 0.5) is 0 Å². The molecule has 5 nitrogen and oxygen atoms in total. The maximum Gasteiger partial charge on any atom is 0.327 e. The first-order chi connectivity index (χ1) is 9.15. The second-order valence-electron chi connectivity index (χ2n) is 3.48. The maximum atomic E-state index is 11.0. The van der Waals surface area contributed by atoms with Gasteiger partial charge in [0.15, 0.2) is 11.5 Å². The van der Waals surface area contributed by atoms with Crippen LogP contribution in [0, 0.1) is 12.3 Å². The Kier molecular flexibility index (Phi) is 5.42. The summed E-state index contributed by atoms with van der Waals surface area (Å²) >= 11 is 0. The van der Waals surface area contributed by atoms with Crippen LogP contribution >= 0.6 is 0 Å². The van der Waals surface area contributed by atoms with Gasteiger partial charge in [0.25, 0.3) is 0 Å². The predicted octanol–water partition coefficient (Wildman–Crippen LogP) is 1.28. The van der Waals surface area contributed by atoms with E-state index >= 15 is 0 Å². The van der Waals surface area contributed by atoms with Gasteiger partial charge in [-0.1, -0.05) is 5.92 Å². The minimum absolute atomic E-state index is 0.0607. The molecule has 1 aromatic rings. The summed E-state index contributed by atoms with van der Waals surface area (Å²) in [6, 6.07) is 3.38. The fourth-order valence-electron chi connectivity index (χ4n) is 1.41. The second-order valence-corrected chi connectivity index (χ2v) is 3.48. The van der Waals surface area contributed by atoms with Crippen LogP contribution in [0.5, 0.6) is 11.5 Å². The van der Waals surface area contributed by atoms with Crippen molar-refractivity contribution >= 4 is 12.2 Å². The van der Waals surface area contributed by atoms with Gasteiger partial charge in [-0.05, 0) is 6.07 Å². The molecule has 19 heavy (non-hydrogen) atoms. The lowest BCUT2D eigenvalue weighted by molar-refractivity contribution is -0.138. The molecule has 0 radical (unpaired) electrons. The van der Waals surface area contributed by atoms with Crippen LogP contribution in [0.25, 0.3) is 0 Å². The van der Waals surface area contributed by atoms with Gasteiger partial charge in [-0.3, -0.25) is 9.79 Å². The van der Waals surface area contributed by atoms with E-state index in [1.807, 2.05) is 0 Å². The van der Waals surface area contributed by atoms with Crippen molar-refractivity contribution in [3.8, 4) is 23.8 Å². The highest BCUT2D eigenvalue weighted by Crippen LogP contribution is 2.29. The molecule has 0 spiro atoms. The Labute approximate surface area is 112 Å². The predicted molar refractivity (Wildman–Crippen MR) is 72.0 cm³/mol. The van der Waals surface area contributed by atoms with Crippen molar-refractivity contribution in [2.75, 3.05) is 27.9 Å². The molecule has 0 saturated heterocycles. The minimum Gasteiger partial charge on any atom is -0.493 e. The van der Waals surface area contributed by atoms with Crippen molar-refractivity contribution < 1.29 is 19.0 Å². The standard InChI is InChI=1S/C14H15NO4/c1-5-10-6-12(17-2)13(18-3)7-11(10)8-15-9-14(16)19-4/h1,6-8H,9H2,2-4H3. The highest BCUT2D eigenvalue weighted by atomic mass is 16.5. The minimum atomic E-state index is -0.418. The van der Waals surface area contributed by atoms with Crippen LogP contribution in [0.3, 0.4) is 0 Å². The molecule has 0 aliphatic rings. The molecule has 0 aliphatic heterocycles. The molecule has 0 atom stereocenters. The number of methoxy groups -OCH3 is 3. The summed E-state index contributed by atoms with van der Waals surface area (Å²) in [7, 11) is 4.37. The van der Waals surface area contributed by atoms with Crippen LogP contribution in [0.15, 0.2) is 17.1 Å². The highest BCUT2D eigenvalue weighted by Gasteiger charge is 2.08. The van der Waals surface area contributed by atoms with Gasteiger partial charge in [0.1, 0.15) is 6.54 Å². The topological polar surface area (TPSA) is 57.1 Å². The van der Waals surface area contributed by atoms with Gasteiger partial charge in [-0.25, -0.2) is 0 Å². The summed E-state index contributed by atoms with van der Waals surface area (Å²) in [5.74, 6) is 3.20. The maximum absolute atomic E-state index is 11.0. The lowest BCUT2D eigenvalue weighted by Gasteiger charge is -2.09. The van der Waals surface area contributed by atoms with Gasteiger partial charge in [-0.2, -0.15) is 0 Å². The van der Waals surface area contributed by atoms with Gasteiger partial charge >= 0.3 is 5.97 Å². The Morgan fingerprint density at radius 2 is 1.95 bits per heavy atom. The van der Waals surface area contributed by atoms with Crippen molar-refractivity contribution in [1.29, 1.82) is 0 Å². The molecule has 0 N–H and O–H groups in total. The first-order valence-corrected chi connectivity index (χ1v) is 5.45. The van der Waals surface area contributed by atoms with E-state index in [4.69, 9.17) is 15.9 Å². The van der Waals surface area contributed by atoms with E-state index in [0.29, 0.717) is 22.6 Å². The summed E-state index contributed by atoms with van der Waals surface area (Å²) in [6.45, 7) is -0.0607. The van der Waals surface area contributed by atoms with E-state index in [-0.39, 0.29) is 6.54 Å². The van der Waals surface area contributed by atoms with Crippen LogP contribution in [-0.2, 0) is 9.53 Å². The number of rotatable bonds is 5. The molecule has 0 amide bonds. The lowest BCUT2D eigenvalue weighted by atomic mass is 10.1. The van der Waals surface area contributed by atoms with Gasteiger partial charge in [0.05, 0.1) is 21.3 Å². The third-order valence-corrected chi connectivity index (χ3v) is 2.39. The summed E-state index contributed by atoms with van der Waals surface area (Å²) in [5.41, 5.74) is 1.27. The number of nitrogens with zero attached hydrogens (tertiary/aromatic N) is 1. The zero-order chi connectivity index (χ0) is 14.3. The number of ether oxygens (including phenoxy) is 3. The number of benzene rings is 1. The van der Waals surface area contributed by atoms with Crippen molar-refractivity contribution in [1.82, 2.24) is 0 Å². The number of esters is 1. The Balaban J connectivity index is 3.06. The normalized spacial score (nSPS) is 10.0. The number of aliphatic imine (C=N–C) groups is 1. The van der Waals surface area contributed by atoms with E-state index in [2.05, 4.69) is 15.6 Å². The van der Waals surface area contributed by atoms with Crippen LogP contribution in [-0.4, -0.2) is 40.1 Å². The molecule has 0 unspecified atom stereocenters. The molecule has 0 saturated carbocycles. The van der Waals surface area contributed by atoms with E-state index in [1.165, 1.54) is 27.5 Å². The molecule has 1 aromatic carbocycles. The van der Waals surface area contributed by atoms with E-state index in [0.717, 1.165) is 0 Å². The molecule has 1 rings (SSSR count). The zero-order valence-corrected chi connectivity index (χ0v) is 11.1. The lowest BCUT2D eigenvalue weighted by Crippen LogP contribution is -2.04. The smallest absolute Gasteiger partial charge is 0.327 e. The number of terminal acetylenes is 1. The number of hydrogen-bond donors (Lipinski definition) is 0. The Morgan fingerprint density at radius 1 is 1.32 bits per heavy atom. The Hall–Kier alpha value is -2.48. The summed E-state index contributed by atoms with van der Waals surface area (Å²) in [6.07, 6.45) is 6.93. The summed E-state index contributed by atoms with van der Waals surface area (Å²) in [4.78, 5) is 14.9. The third kappa shape index (κ3) is 3.75. The molecule has 0 aromatic heterocycles. The largest absolute Gasteiger partial charge is 0.493 e. The molecular weight excluding hydrogens is 246 g/mol. The Morgan fingerprint density at radius 3 is 2.47 bits per heavy atom.